The maximum absolute atomic E-state index is 12.5. The van der Waals surface area contributed by atoms with Crippen LogP contribution in [0.2, 0.25) is 0 Å². The van der Waals surface area contributed by atoms with Crippen molar-refractivity contribution in [2.24, 2.45) is 0 Å². The van der Waals surface area contributed by atoms with Crippen molar-refractivity contribution in [1.29, 1.82) is 5.26 Å². The number of ether oxygens (including phenoxy) is 1. The number of benzene rings is 2. The zero-order valence-electron chi connectivity index (χ0n) is 15.5. The molecule has 144 valence electrons. The largest absolute Gasteiger partial charge is 0.379 e. The quantitative estimate of drug-likeness (QED) is 0.800. The number of hydrogen-bond acceptors (Lipinski definition) is 5. The minimum Gasteiger partial charge on any atom is -0.379 e. The fraction of sp³-hybridized carbons (Fsp3) is 0.286. The standard InChI is InChI=1S/C21H22N4O3/c22-15-18-4-1-2-7-19(18)24-21(27)17-6-3-5-16(14-17)20(26)23-8-9-25-10-12-28-13-11-25/h1-7,14H,8-13H2,(H,23,26)(H,24,27). The van der Waals surface area contributed by atoms with E-state index in [0.29, 0.717) is 28.9 Å². The summed E-state index contributed by atoms with van der Waals surface area (Å²) >= 11 is 0. The predicted molar refractivity (Wildman–Crippen MR) is 105 cm³/mol. The second kappa shape index (κ2) is 9.65. The molecule has 7 nitrogen and oxygen atoms in total. The molecule has 0 atom stereocenters. The Morgan fingerprint density at radius 1 is 1.04 bits per heavy atom. The Balaban J connectivity index is 1.58. The van der Waals surface area contributed by atoms with E-state index in [0.717, 1.165) is 32.8 Å². The Bertz CT molecular complexity index is 885. The Hall–Kier alpha value is -3.21. The summed E-state index contributed by atoms with van der Waals surface area (Å²) in [5, 5.41) is 14.7. The molecule has 2 aromatic carbocycles. The number of rotatable bonds is 6. The zero-order chi connectivity index (χ0) is 19.8. The second-order valence-corrected chi connectivity index (χ2v) is 6.40. The van der Waals surface area contributed by atoms with Crippen molar-refractivity contribution < 1.29 is 14.3 Å². The van der Waals surface area contributed by atoms with Gasteiger partial charge in [-0.2, -0.15) is 5.26 Å². The Morgan fingerprint density at radius 3 is 2.50 bits per heavy atom. The van der Waals surface area contributed by atoms with E-state index >= 15 is 0 Å². The van der Waals surface area contributed by atoms with Crippen molar-refractivity contribution >= 4 is 17.5 Å². The molecule has 0 aromatic heterocycles. The minimum atomic E-state index is -0.370. The van der Waals surface area contributed by atoms with Gasteiger partial charge in [0, 0.05) is 37.3 Å². The normalized spacial score (nSPS) is 14.1. The van der Waals surface area contributed by atoms with Gasteiger partial charge in [0.25, 0.3) is 11.8 Å². The maximum atomic E-state index is 12.5. The zero-order valence-corrected chi connectivity index (χ0v) is 15.5. The molecule has 0 spiro atoms. The van der Waals surface area contributed by atoms with Gasteiger partial charge in [-0.15, -0.1) is 0 Å². The van der Waals surface area contributed by atoms with Crippen LogP contribution in [0.15, 0.2) is 48.5 Å². The molecule has 3 rings (SSSR count). The summed E-state index contributed by atoms with van der Waals surface area (Å²) in [5.74, 6) is -0.592. The number of amides is 2. The van der Waals surface area contributed by atoms with Crippen LogP contribution in [-0.4, -0.2) is 56.1 Å². The van der Waals surface area contributed by atoms with E-state index in [9.17, 15) is 9.59 Å². The predicted octanol–water partition coefficient (Wildman–Crippen LogP) is 1.87. The fourth-order valence-corrected chi connectivity index (χ4v) is 2.94. The molecule has 0 aliphatic carbocycles. The molecule has 1 aliphatic rings. The Morgan fingerprint density at radius 2 is 1.75 bits per heavy atom. The molecule has 2 amide bonds. The van der Waals surface area contributed by atoms with E-state index in [4.69, 9.17) is 10.00 Å². The van der Waals surface area contributed by atoms with Gasteiger partial charge >= 0.3 is 0 Å². The topological polar surface area (TPSA) is 94.5 Å². The summed E-state index contributed by atoms with van der Waals surface area (Å²) in [5.41, 5.74) is 1.60. The molecule has 0 bridgehead atoms. The maximum Gasteiger partial charge on any atom is 0.255 e. The van der Waals surface area contributed by atoms with E-state index in [1.165, 1.54) is 0 Å². The number of para-hydroxylation sites is 1. The lowest BCUT2D eigenvalue weighted by Gasteiger charge is -2.26. The van der Waals surface area contributed by atoms with Crippen LogP contribution in [0.1, 0.15) is 26.3 Å². The molecule has 2 N–H and O–H groups in total. The second-order valence-electron chi connectivity index (χ2n) is 6.40. The van der Waals surface area contributed by atoms with Gasteiger partial charge in [-0.1, -0.05) is 18.2 Å². The van der Waals surface area contributed by atoms with Crippen LogP contribution in [0.5, 0.6) is 0 Å². The highest BCUT2D eigenvalue weighted by Crippen LogP contribution is 2.15. The highest BCUT2D eigenvalue weighted by atomic mass is 16.5. The third-order valence-electron chi connectivity index (χ3n) is 4.50. The van der Waals surface area contributed by atoms with E-state index in [2.05, 4.69) is 15.5 Å². The first-order valence-corrected chi connectivity index (χ1v) is 9.16. The van der Waals surface area contributed by atoms with Crippen molar-refractivity contribution in [3.8, 4) is 6.07 Å². The van der Waals surface area contributed by atoms with Gasteiger partial charge in [0.2, 0.25) is 0 Å². The highest BCUT2D eigenvalue weighted by molar-refractivity contribution is 6.06. The average molecular weight is 378 g/mol. The molecular formula is C21H22N4O3. The molecular weight excluding hydrogens is 356 g/mol. The van der Waals surface area contributed by atoms with Gasteiger partial charge in [0.15, 0.2) is 0 Å². The first-order valence-electron chi connectivity index (χ1n) is 9.16. The number of nitriles is 1. The average Bonchev–Trinajstić information content (AvgIpc) is 2.75. The van der Waals surface area contributed by atoms with Crippen molar-refractivity contribution in [1.82, 2.24) is 10.2 Å². The first kappa shape index (κ1) is 19.5. The summed E-state index contributed by atoms with van der Waals surface area (Å²) in [4.78, 5) is 27.1. The van der Waals surface area contributed by atoms with Crippen molar-refractivity contribution in [3.63, 3.8) is 0 Å². The molecule has 0 unspecified atom stereocenters. The number of anilines is 1. The molecule has 1 saturated heterocycles. The lowest BCUT2D eigenvalue weighted by Crippen LogP contribution is -2.41. The van der Waals surface area contributed by atoms with E-state index in [-0.39, 0.29) is 11.8 Å². The number of nitrogens with one attached hydrogen (secondary N) is 2. The number of hydrogen-bond donors (Lipinski definition) is 2. The van der Waals surface area contributed by atoms with Gasteiger partial charge in [-0.3, -0.25) is 14.5 Å². The summed E-state index contributed by atoms with van der Waals surface area (Å²) in [6.07, 6.45) is 0. The fourth-order valence-electron chi connectivity index (χ4n) is 2.94. The summed E-state index contributed by atoms with van der Waals surface area (Å²) in [6.45, 7) is 4.48. The van der Waals surface area contributed by atoms with Crippen molar-refractivity contribution in [2.45, 2.75) is 0 Å². The number of morpholine rings is 1. The van der Waals surface area contributed by atoms with Crippen molar-refractivity contribution in [2.75, 3.05) is 44.7 Å². The third-order valence-corrected chi connectivity index (χ3v) is 4.50. The highest BCUT2D eigenvalue weighted by Gasteiger charge is 2.13. The smallest absolute Gasteiger partial charge is 0.255 e. The lowest BCUT2D eigenvalue weighted by atomic mass is 10.1. The van der Waals surface area contributed by atoms with Crippen LogP contribution in [0.4, 0.5) is 5.69 Å². The van der Waals surface area contributed by atoms with E-state index < -0.39 is 0 Å². The van der Waals surface area contributed by atoms with Gasteiger partial charge < -0.3 is 15.4 Å². The molecule has 0 radical (unpaired) electrons. The van der Waals surface area contributed by atoms with Crippen LogP contribution < -0.4 is 10.6 Å². The molecule has 1 aliphatic heterocycles. The van der Waals surface area contributed by atoms with Gasteiger partial charge in [0.1, 0.15) is 6.07 Å². The number of nitrogens with zero attached hydrogens (tertiary/aromatic N) is 2. The molecule has 7 heteroatoms. The molecule has 1 heterocycles. The summed E-state index contributed by atoms with van der Waals surface area (Å²) < 4.78 is 5.30. The van der Waals surface area contributed by atoms with Crippen molar-refractivity contribution in [3.05, 3.63) is 65.2 Å². The lowest BCUT2D eigenvalue weighted by molar-refractivity contribution is 0.0383. The molecule has 28 heavy (non-hydrogen) atoms. The SMILES string of the molecule is N#Cc1ccccc1NC(=O)c1cccc(C(=O)NCCN2CCOCC2)c1. The number of carbonyl (C=O) groups excluding carboxylic acids is 2. The van der Waals surface area contributed by atoms with Crippen LogP contribution in [-0.2, 0) is 4.74 Å². The third kappa shape index (κ3) is 5.16. The molecule has 0 saturated carbocycles. The van der Waals surface area contributed by atoms with Gasteiger partial charge in [-0.05, 0) is 30.3 Å². The van der Waals surface area contributed by atoms with Gasteiger partial charge in [0.05, 0.1) is 24.5 Å². The van der Waals surface area contributed by atoms with E-state index in [1.807, 2.05) is 6.07 Å². The summed E-state index contributed by atoms with van der Waals surface area (Å²) in [7, 11) is 0. The van der Waals surface area contributed by atoms with Gasteiger partial charge in [-0.25, -0.2) is 0 Å². The first-order chi connectivity index (χ1) is 13.7. The monoisotopic (exact) mass is 378 g/mol. The van der Waals surface area contributed by atoms with E-state index in [1.54, 1.807) is 48.5 Å². The van der Waals surface area contributed by atoms with Crippen LogP contribution in [0, 0.1) is 11.3 Å². The van der Waals surface area contributed by atoms with Crippen LogP contribution >= 0.6 is 0 Å². The molecule has 1 fully saturated rings. The Kier molecular flexibility index (Phi) is 6.73. The van der Waals surface area contributed by atoms with Crippen LogP contribution in [0.25, 0.3) is 0 Å². The summed E-state index contributed by atoms with van der Waals surface area (Å²) in [6, 6.07) is 15.3. The molecule has 2 aromatic rings. The van der Waals surface area contributed by atoms with Crippen LogP contribution in [0.3, 0.4) is 0 Å². The minimum absolute atomic E-state index is 0.222. The Labute approximate surface area is 163 Å². The number of carbonyl (C=O) groups is 2.